The average molecular weight is 327 g/mol. The molecule has 0 atom stereocenters. The van der Waals surface area contributed by atoms with Gasteiger partial charge in [-0.3, -0.25) is 5.43 Å². The van der Waals surface area contributed by atoms with E-state index in [1.54, 1.807) is 18.2 Å². The molecule has 2 heterocycles. The largest absolute Gasteiger partial charge is 0.438 e. The summed E-state index contributed by atoms with van der Waals surface area (Å²) in [4.78, 5) is 9.21. The number of rotatable bonds is 3. The van der Waals surface area contributed by atoms with Gasteiger partial charge in [0.1, 0.15) is 10.6 Å². The van der Waals surface area contributed by atoms with Gasteiger partial charge in [0.2, 0.25) is 11.8 Å². The summed E-state index contributed by atoms with van der Waals surface area (Å²) in [5.41, 5.74) is 2.41. The smallest absolute Gasteiger partial charge is 0.241 e. The number of nitrogen functional groups attached to an aromatic ring is 1. The van der Waals surface area contributed by atoms with E-state index in [1.807, 2.05) is 11.4 Å². The van der Waals surface area contributed by atoms with Gasteiger partial charge in [-0.05, 0) is 23.6 Å². The van der Waals surface area contributed by atoms with Gasteiger partial charge in [0.25, 0.3) is 0 Å². The SMILES string of the molecule is NNc1nc(Oc2ccc(Cl)c(Cl)c2)c2ccsc2n1. The maximum absolute atomic E-state index is 5.96. The lowest BCUT2D eigenvalue weighted by molar-refractivity contribution is 0.469. The van der Waals surface area contributed by atoms with Crippen LogP contribution in [-0.2, 0) is 0 Å². The first-order chi connectivity index (χ1) is 9.67. The molecule has 8 heteroatoms. The molecule has 3 N–H and O–H groups in total. The van der Waals surface area contributed by atoms with Gasteiger partial charge in [0.05, 0.1) is 15.4 Å². The van der Waals surface area contributed by atoms with Crippen LogP contribution in [0.5, 0.6) is 11.6 Å². The van der Waals surface area contributed by atoms with Gasteiger partial charge in [0.15, 0.2) is 0 Å². The number of nitrogens with one attached hydrogen (secondary N) is 1. The van der Waals surface area contributed by atoms with E-state index in [0.717, 1.165) is 10.2 Å². The molecule has 0 fully saturated rings. The third kappa shape index (κ3) is 2.51. The summed E-state index contributed by atoms with van der Waals surface area (Å²) in [5.74, 6) is 6.58. The van der Waals surface area contributed by atoms with E-state index < -0.39 is 0 Å². The van der Waals surface area contributed by atoms with Crippen LogP contribution in [0.15, 0.2) is 29.6 Å². The fraction of sp³-hybridized carbons (Fsp3) is 0. The second-order valence-electron chi connectivity index (χ2n) is 3.81. The number of nitrogens with two attached hydrogens (primary N) is 1. The van der Waals surface area contributed by atoms with Crippen LogP contribution in [0, 0.1) is 0 Å². The third-order valence-electron chi connectivity index (χ3n) is 2.52. The zero-order valence-electron chi connectivity index (χ0n) is 9.93. The van der Waals surface area contributed by atoms with Gasteiger partial charge in [-0.2, -0.15) is 4.98 Å². The molecule has 0 amide bonds. The van der Waals surface area contributed by atoms with Crippen molar-refractivity contribution in [3.8, 4) is 11.6 Å². The first-order valence-corrected chi connectivity index (χ1v) is 7.15. The monoisotopic (exact) mass is 326 g/mol. The minimum absolute atomic E-state index is 0.287. The molecule has 3 rings (SSSR count). The summed E-state index contributed by atoms with van der Waals surface area (Å²) in [6.07, 6.45) is 0. The Morgan fingerprint density at radius 2 is 2.00 bits per heavy atom. The van der Waals surface area contributed by atoms with E-state index in [0.29, 0.717) is 21.7 Å². The highest BCUT2D eigenvalue weighted by Crippen LogP contribution is 2.33. The number of hydrogen-bond acceptors (Lipinski definition) is 6. The summed E-state index contributed by atoms with van der Waals surface area (Å²) in [6.45, 7) is 0. The minimum Gasteiger partial charge on any atom is -0.438 e. The number of anilines is 1. The molecule has 0 aliphatic rings. The first-order valence-electron chi connectivity index (χ1n) is 5.52. The number of aromatic nitrogens is 2. The number of nitrogens with zero attached hydrogens (tertiary/aromatic N) is 2. The molecule has 1 aromatic carbocycles. The third-order valence-corrected chi connectivity index (χ3v) is 4.07. The fourth-order valence-corrected chi connectivity index (χ4v) is 2.67. The van der Waals surface area contributed by atoms with Gasteiger partial charge >= 0.3 is 0 Å². The number of thiophene rings is 1. The summed E-state index contributed by atoms with van der Waals surface area (Å²) >= 11 is 13.3. The van der Waals surface area contributed by atoms with Gasteiger partial charge in [0, 0.05) is 6.07 Å². The summed E-state index contributed by atoms with van der Waals surface area (Å²) in [5, 5.41) is 3.59. The van der Waals surface area contributed by atoms with Gasteiger partial charge in [-0.25, -0.2) is 10.8 Å². The molecule has 0 bridgehead atoms. The normalized spacial score (nSPS) is 10.8. The lowest BCUT2D eigenvalue weighted by atomic mass is 10.3. The maximum Gasteiger partial charge on any atom is 0.241 e. The highest BCUT2D eigenvalue weighted by Gasteiger charge is 2.11. The first kappa shape index (κ1) is 13.4. The van der Waals surface area contributed by atoms with E-state index in [9.17, 15) is 0 Å². The number of hydrazine groups is 1. The number of halogens is 2. The van der Waals surface area contributed by atoms with Crippen LogP contribution in [0.25, 0.3) is 10.2 Å². The molecule has 0 aliphatic heterocycles. The average Bonchev–Trinajstić information content (AvgIpc) is 2.91. The lowest BCUT2D eigenvalue weighted by Crippen LogP contribution is -2.10. The van der Waals surface area contributed by atoms with Crippen LogP contribution < -0.4 is 16.0 Å². The van der Waals surface area contributed by atoms with Crippen molar-refractivity contribution in [1.29, 1.82) is 0 Å². The van der Waals surface area contributed by atoms with Crippen molar-refractivity contribution in [3.05, 3.63) is 39.7 Å². The lowest BCUT2D eigenvalue weighted by Gasteiger charge is -2.08. The Kier molecular flexibility index (Phi) is 3.62. The Balaban J connectivity index is 2.04. The van der Waals surface area contributed by atoms with Crippen molar-refractivity contribution in [2.45, 2.75) is 0 Å². The van der Waals surface area contributed by atoms with Gasteiger partial charge in [-0.1, -0.05) is 23.2 Å². The highest BCUT2D eigenvalue weighted by molar-refractivity contribution is 7.16. The van der Waals surface area contributed by atoms with Crippen molar-refractivity contribution in [2.24, 2.45) is 5.84 Å². The molecular weight excluding hydrogens is 319 g/mol. The molecule has 102 valence electrons. The predicted molar refractivity (Wildman–Crippen MR) is 81.8 cm³/mol. The number of benzene rings is 1. The molecule has 0 unspecified atom stereocenters. The molecule has 0 saturated carbocycles. The fourth-order valence-electron chi connectivity index (χ4n) is 1.62. The molecule has 0 aliphatic carbocycles. The second-order valence-corrected chi connectivity index (χ2v) is 5.52. The van der Waals surface area contributed by atoms with E-state index in [4.69, 9.17) is 33.8 Å². The van der Waals surface area contributed by atoms with Crippen molar-refractivity contribution in [2.75, 3.05) is 5.43 Å². The number of ether oxygens (including phenoxy) is 1. The summed E-state index contributed by atoms with van der Waals surface area (Å²) in [6, 6.07) is 6.88. The minimum atomic E-state index is 0.287. The molecule has 3 aromatic rings. The molecule has 0 radical (unpaired) electrons. The molecular formula is C12H8Cl2N4OS. The Morgan fingerprint density at radius 1 is 1.15 bits per heavy atom. The van der Waals surface area contributed by atoms with Crippen molar-refractivity contribution in [3.63, 3.8) is 0 Å². The van der Waals surface area contributed by atoms with Crippen LogP contribution in [0.3, 0.4) is 0 Å². The second kappa shape index (κ2) is 5.41. The van der Waals surface area contributed by atoms with E-state index >= 15 is 0 Å². The zero-order chi connectivity index (χ0) is 14.1. The van der Waals surface area contributed by atoms with Crippen LogP contribution in [-0.4, -0.2) is 9.97 Å². The van der Waals surface area contributed by atoms with Gasteiger partial charge in [-0.15, -0.1) is 11.3 Å². The Bertz CT molecular complexity index is 777. The van der Waals surface area contributed by atoms with Crippen molar-refractivity contribution >= 4 is 50.7 Å². The summed E-state index contributed by atoms with van der Waals surface area (Å²) in [7, 11) is 0. The van der Waals surface area contributed by atoms with Crippen LogP contribution in [0.2, 0.25) is 10.0 Å². The van der Waals surface area contributed by atoms with E-state index in [-0.39, 0.29) is 5.95 Å². The van der Waals surface area contributed by atoms with Crippen LogP contribution >= 0.6 is 34.5 Å². The van der Waals surface area contributed by atoms with Gasteiger partial charge < -0.3 is 4.74 Å². The molecule has 20 heavy (non-hydrogen) atoms. The molecule has 2 aromatic heterocycles. The van der Waals surface area contributed by atoms with Crippen LogP contribution in [0.4, 0.5) is 5.95 Å². The topological polar surface area (TPSA) is 73.1 Å². The highest BCUT2D eigenvalue weighted by atomic mass is 35.5. The van der Waals surface area contributed by atoms with Crippen molar-refractivity contribution < 1.29 is 4.74 Å². The molecule has 0 saturated heterocycles. The Labute approximate surface area is 128 Å². The quantitative estimate of drug-likeness (QED) is 0.560. The van der Waals surface area contributed by atoms with E-state index in [1.165, 1.54) is 11.3 Å². The number of fused-ring (bicyclic) bond motifs is 1. The molecule has 0 spiro atoms. The predicted octanol–water partition coefficient (Wildman–Crippen LogP) is 4.08. The Morgan fingerprint density at radius 3 is 2.75 bits per heavy atom. The van der Waals surface area contributed by atoms with Crippen molar-refractivity contribution in [1.82, 2.24) is 9.97 Å². The zero-order valence-corrected chi connectivity index (χ0v) is 12.3. The maximum atomic E-state index is 5.96. The summed E-state index contributed by atoms with van der Waals surface area (Å²) < 4.78 is 5.75. The number of hydrogen-bond donors (Lipinski definition) is 2. The van der Waals surface area contributed by atoms with E-state index in [2.05, 4.69) is 15.4 Å². The Hall–Kier alpha value is -1.60. The molecule has 5 nitrogen and oxygen atoms in total. The standard InChI is InChI=1S/C12H8Cl2N4OS/c13-8-2-1-6(5-9(8)14)19-10-7-3-4-20-11(7)17-12(16-10)18-15/h1-5H,15H2,(H,16,17,18). The van der Waals surface area contributed by atoms with Crippen LogP contribution in [0.1, 0.15) is 0 Å².